The molecule has 0 aromatic carbocycles. The molecule has 78 valence electrons. The van der Waals surface area contributed by atoms with E-state index in [9.17, 15) is 4.79 Å². The van der Waals surface area contributed by atoms with Gasteiger partial charge in [-0.1, -0.05) is 20.8 Å². The predicted molar refractivity (Wildman–Crippen MR) is 60.8 cm³/mol. The van der Waals surface area contributed by atoms with Gasteiger partial charge in [0.15, 0.2) is 0 Å². The minimum absolute atomic E-state index is 0.0459. The van der Waals surface area contributed by atoms with Crippen LogP contribution in [-0.2, 0) is 5.75 Å². The van der Waals surface area contributed by atoms with E-state index in [1.807, 2.05) is 13.8 Å². The summed E-state index contributed by atoms with van der Waals surface area (Å²) >= 11 is 1.76. The van der Waals surface area contributed by atoms with Gasteiger partial charge >= 0.3 is 0 Å². The first-order valence-corrected chi connectivity index (χ1v) is 5.96. The largest absolute Gasteiger partial charge is 0.310 e. The van der Waals surface area contributed by atoms with E-state index in [4.69, 9.17) is 0 Å². The first-order valence-electron chi connectivity index (χ1n) is 4.81. The highest BCUT2D eigenvalue weighted by molar-refractivity contribution is 7.98. The number of hydrogen-bond acceptors (Lipinski definition) is 3. The summed E-state index contributed by atoms with van der Waals surface area (Å²) < 4.78 is 0. The smallest absolute Gasteiger partial charge is 0.251 e. The Morgan fingerprint density at radius 3 is 2.86 bits per heavy atom. The van der Waals surface area contributed by atoms with Crippen LogP contribution in [0.25, 0.3) is 0 Å². The third kappa shape index (κ3) is 3.18. The minimum Gasteiger partial charge on any atom is -0.310 e. The third-order valence-corrected chi connectivity index (χ3v) is 2.73. The number of aromatic nitrogens is 2. The lowest BCUT2D eigenvalue weighted by molar-refractivity contribution is 0.793. The molecule has 0 bridgehead atoms. The molecule has 3 nitrogen and oxygen atoms in total. The van der Waals surface area contributed by atoms with Gasteiger partial charge in [0.05, 0.1) is 11.4 Å². The SMILES string of the molecule is CCSCc1nc(C(C)C)cc(=O)[nH]1. The lowest BCUT2D eigenvalue weighted by Gasteiger charge is -2.05. The summed E-state index contributed by atoms with van der Waals surface area (Å²) in [5.41, 5.74) is 0.829. The molecule has 0 saturated heterocycles. The van der Waals surface area contributed by atoms with Crippen LogP contribution in [0.15, 0.2) is 10.9 Å². The lowest BCUT2D eigenvalue weighted by Crippen LogP contribution is -2.12. The van der Waals surface area contributed by atoms with Crippen molar-refractivity contribution in [1.29, 1.82) is 0 Å². The highest BCUT2D eigenvalue weighted by Gasteiger charge is 2.04. The molecule has 0 amide bonds. The topological polar surface area (TPSA) is 45.8 Å². The molecular weight excluding hydrogens is 196 g/mol. The molecule has 1 aromatic heterocycles. The summed E-state index contributed by atoms with van der Waals surface area (Å²) in [6.45, 7) is 6.17. The van der Waals surface area contributed by atoms with Crippen LogP contribution in [0.3, 0.4) is 0 Å². The predicted octanol–water partition coefficient (Wildman–Crippen LogP) is 2.15. The van der Waals surface area contributed by atoms with Crippen molar-refractivity contribution in [2.24, 2.45) is 0 Å². The fourth-order valence-electron chi connectivity index (χ4n) is 1.09. The van der Waals surface area contributed by atoms with Crippen molar-refractivity contribution in [2.75, 3.05) is 5.75 Å². The van der Waals surface area contributed by atoms with Gasteiger partial charge in [0.2, 0.25) is 0 Å². The van der Waals surface area contributed by atoms with Crippen molar-refractivity contribution >= 4 is 11.8 Å². The molecule has 1 N–H and O–H groups in total. The van der Waals surface area contributed by atoms with Gasteiger partial charge < -0.3 is 4.98 Å². The Bertz CT molecular complexity index is 346. The van der Waals surface area contributed by atoms with Gasteiger partial charge in [-0.15, -0.1) is 0 Å². The number of thioether (sulfide) groups is 1. The molecule has 4 heteroatoms. The highest BCUT2D eigenvalue weighted by Crippen LogP contribution is 2.11. The van der Waals surface area contributed by atoms with Crippen molar-refractivity contribution in [3.05, 3.63) is 27.9 Å². The Kier molecular flexibility index (Phi) is 4.20. The lowest BCUT2D eigenvalue weighted by atomic mass is 10.1. The highest BCUT2D eigenvalue weighted by atomic mass is 32.2. The molecule has 1 heterocycles. The zero-order chi connectivity index (χ0) is 10.6. The second kappa shape index (κ2) is 5.20. The molecule has 0 aliphatic carbocycles. The van der Waals surface area contributed by atoms with Crippen molar-refractivity contribution in [3.8, 4) is 0 Å². The van der Waals surface area contributed by atoms with Crippen LogP contribution in [0.2, 0.25) is 0 Å². The average Bonchev–Trinajstić information content (AvgIpc) is 2.14. The summed E-state index contributed by atoms with van der Waals surface area (Å²) in [7, 11) is 0. The number of H-pyrrole nitrogens is 1. The van der Waals surface area contributed by atoms with E-state index in [0.29, 0.717) is 5.92 Å². The molecule has 0 aliphatic heterocycles. The maximum Gasteiger partial charge on any atom is 0.251 e. The summed E-state index contributed by atoms with van der Waals surface area (Å²) in [4.78, 5) is 18.4. The van der Waals surface area contributed by atoms with Crippen molar-refractivity contribution in [2.45, 2.75) is 32.4 Å². The number of aromatic amines is 1. The van der Waals surface area contributed by atoms with E-state index in [1.165, 1.54) is 0 Å². The summed E-state index contributed by atoms with van der Waals surface area (Å²) in [6, 6.07) is 1.57. The molecule has 0 atom stereocenters. The average molecular weight is 212 g/mol. The quantitative estimate of drug-likeness (QED) is 0.831. The van der Waals surface area contributed by atoms with E-state index in [0.717, 1.165) is 23.0 Å². The van der Waals surface area contributed by atoms with Crippen LogP contribution in [0.1, 0.15) is 38.2 Å². The normalized spacial score (nSPS) is 10.9. The Balaban J connectivity index is 2.90. The summed E-state index contributed by atoms with van der Waals surface area (Å²) in [5, 5.41) is 0. The molecular formula is C10H16N2OS. The first-order chi connectivity index (χ1) is 6.63. The standard InChI is InChI=1S/C10H16N2OS/c1-4-14-6-9-11-8(7(2)3)5-10(13)12-9/h5,7H,4,6H2,1-3H3,(H,11,12,13). The van der Waals surface area contributed by atoms with Gasteiger partial charge in [0.1, 0.15) is 5.82 Å². The van der Waals surface area contributed by atoms with Crippen molar-refractivity contribution in [1.82, 2.24) is 9.97 Å². The molecule has 0 unspecified atom stereocenters. The molecule has 0 radical (unpaired) electrons. The Labute approximate surface area is 88.3 Å². The van der Waals surface area contributed by atoms with Gasteiger partial charge in [-0.25, -0.2) is 4.98 Å². The van der Waals surface area contributed by atoms with Gasteiger partial charge in [-0.3, -0.25) is 4.79 Å². The fraction of sp³-hybridized carbons (Fsp3) is 0.600. The van der Waals surface area contributed by atoms with Crippen LogP contribution in [0, 0.1) is 0 Å². The number of rotatable bonds is 4. The second-order valence-corrected chi connectivity index (χ2v) is 4.68. The number of nitrogens with zero attached hydrogens (tertiary/aromatic N) is 1. The summed E-state index contributed by atoms with van der Waals surface area (Å²) in [5.74, 6) is 2.91. The summed E-state index contributed by atoms with van der Waals surface area (Å²) in [6.07, 6.45) is 0. The molecule has 0 spiro atoms. The molecule has 1 rings (SSSR count). The van der Waals surface area contributed by atoms with Crippen LogP contribution >= 0.6 is 11.8 Å². The molecule has 0 fully saturated rings. The number of hydrogen-bond donors (Lipinski definition) is 1. The fourth-order valence-corrected chi connectivity index (χ4v) is 1.63. The van der Waals surface area contributed by atoms with Crippen LogP contribution in [-0.4, -0.2) is 15.7 Å². The minimum atomic E-state index is -0.0459. The van der Waals surface area contributed by atoms with E-state index < -0.39 is 0 Å². The maximum absolute atomic E-state index is 11.3. The van der Waals surface area contributed by atoms with Crippen LogP contribution in [0.5, 0.6) is 0 Å². The van der Waals surface area contributed by atoms with Crippen molar-refractivity contribution in [3.63, 3.8) is 0 Å². The van der Waals surface area contributed by atoms with Gasteiger partial charge in [0, 0.05) is 6.07 Å². The molecule has 0 aliphatic rings. The van der Waals surface area contributed by atoms with E-state index >= 15 is 0 Å². The number of nitrogens with one attached hydrogen (secondary N) is 1. The Morgan fingerprint density at radius 1 is 1.57 bits per heavy atom. The maximum atomic E-state index is 11.3. The van der Waals surface area contributed by atoms with Gasteiger partial charge in [-0.2, -0.15) is 11.8 Å². The third-order valence-electron chi connectivity index (χ3n) is 1.84. The van der Waals surface area contributed by atoms with Crippen LogP contribution in [0.4, 0.5) is 0 Å². The zero-order valence-electron chi connectivity index (χ0n) is 8.83. The first kappa shape index (κ1) is 11.3. The van der Waals surface area contributed by atoms with Gasteiger partial charge in [-0.05, 0) is 11.7 Å². The van der Waals surface area contributed by atoms with E-state index in [-0.39, 0.29) is 5.56 Å². The molecule has 14 heavy (non-hydrogen) atoms. The Hall–Kier alpha value is -0.770. The monoisotopic (exact) mass is 212 g/mol. The van der Waals surface area contributed by atoms with Crippen molar-refractivity contribution < 1.29 is 0 Å². The van der Waals surface area contributed by atoms with Gasteiger partial charge in [0.25, 0.3) is 5.56 Å². The zero-order valence-corrected chi connectivity index (χ0v) is 9.65. The Morgan fingerprint density at radius 2 is 2.29 bits per heavy atom. The second-order valence-electron chi connectivity index (χ2n) is 3.41. The van der Waals surface area contributed by atoms with E-state index in [2.05, 4.69) is 16.9 Å². The van der Waals surface area contributed by atoms with Crippen LogP contribution < -0.4 is 5.56 Å². The van der Waals surface area contributed by atoms with E-state index in [1.54, 1.807) is 17.8 Å². The molecule has 0 saturated carbocycles. The molecule has 1 aromatic rings.